The molecule has 0 aromatic heterocycles. The van der Waals surface area contributed by atoms with Gasteiger partial charge >= 0.3 is 0 Å². The van der Waals surface area contributed by atoms with Crippen LogP contribution in [-0.4, -0.2) is 0 Å². The van der Waals surface area contributed by atoms with Gasteiger partial charge in [-0.05, 0) is 124 Å². The van der Waals surface area contributed by atoms with Gasteiger partial charge in [0.1, 0.15) is 5.82 Å². The van der Waals surface area contributed by atoms with Gasteiger partial charge in [-0.1, -0.05) is 81.9 Å². The van der Waals surface area contributed by atoms with Gasteiger partial charge < -0.3 is 0 Å². The molecule has 0 bridgehead atoms. The Labute approximate surface area is 215 Å². The van der Waals surface area contributed by atoms with Crippen LogP contribution in [0.25, 0.3) is 0 Å². The summed E-state index contributed by atoms with van der Waals surface area (Å²) in [5.41, 5.74) is 1.86. The third kappa shape index (κ3) is 8.06. The first kappa shape index (κ1) is 26.7. The molecule has 0 radical (unpaired) electrons. The molecular formula is C34H51F. The van der Waals surface area contributed by atoms with Gasteiger partial charge in [0.15, 0.2) is 0 Å². The maximum atomic E-state index is 13.7. The number of unbranched alkanes of at least 4 members (excludes halogenated alkanes) is 2. The van der Waals surface area contributed by atoms with Gasteiger partial charge in [0.25, 0.3) is 0 Å². The van der Waals surface area contributed by atoms with Crippen LogP contribution in [0.1, 0.15) is 114 Å². The molecule has 1 heteroatoms. The third-order valence-corrected chi connectivity index (χ3v) is 9.82. The molecule has 0 aliphatic heterocycles. The van der Waals surface area contributed by atoms with E-state index in [1.807, 2.05) is 13.0 Å². The summed E-state index contributed by atoms with van der Waals surface area (Å²) >= 11 is 0. The summed E-state index contributed by atoms with van der Waals surface area (Å²) in [5, 5.41) is 0. The predicted octanol–water partition coefficient (Wildman–Crippen LogP) is 10.4. The molecule has 194 valence electrons. The monoisotopic (exact) mass is 478 g/mol. The van der Waals surface area contributed by atoms with Gasteiger partial charge in [0.2, 0.25) is 0 Å². The molecule has 35 heavy (non-hydrogen) atoms. The highest BCUT2D eigenvalue weighted by atomic mass is 19.1. The molecule has 0 spiro atoms. The van der Waals surface area contributed by atoms with Crippen molar-refractivity contribution in [3.8, 4) is 0 Å². The standard InChI is InChI=1S/C34H51F/c1-3-4-5-8-27-13-17-30(18-14-27)32-21-23-33(24-22-32)31-19-15-28(16-20-31)9-6-7-10-29-12-11-26(2)34(35)25-29/h6,9,11-12,21,23,25,27-28,30-33H,3-5,7-8,10,13-20,22,24H2,1-2H3/b9-6+. The zero-order valence-corrected chi connectivity index (χ0v) is 22.7. The zero-order chi connectivity index (χ0) is 24.5. The lowest BCUT2D eigenvalue weighted by atomic mass is 9.68. The number of hydrogen-bond donors (Lipinski definition) is 0. The number of hydrogen-bond acceptors (Lipinski definition) is 0. The van der Waals surface area contributed by atoms with E-state index in [9.17, 15) is 4.39 Å². The van der Waals surface area contributed by atoms with E-state index in [0.29, 0.717) is 0 Å². The van der Waals surface area contributed by atoms with Crippen LogP contribution in [0.2, 0.25) is 0 Å². The summed E-state index contributed by atoms with van der Waals surface area (Å²) in [7, 11) is 0. The Balaban J connectivity index is 1.12. The number of allylic oxidation sites excluding steroid dienone is 4. The fraction of sp³-hybridized carbons (Fsp3) is 0.706. The number of halogens is 1. The van der Waals surface area contributed by atoms with Crippen molar-refractivity contribution in [1.82, 2.24) is 0 Å². The second-order valence-electron chi connectivity index (χ2n) is 12.3. The first-order chi connectivity index (χ1) is 17.1. The molecule has 0 N–H and O–H groups in total. The molecule has 0 amide bonds. The van der Waals surface area contributed by atoms with Crippen molar-refractivity contribution in [2.75, 3.05) is 0 Å². The molecule has 2 saturated carbocycles. The van der Waals surface area contributed by atoms with Crippen LogP contribution in [0.5, 0.6) is 0 Å². The summed E-state index contributed by atoms with van der Waals surface area (Å²) in [6.07, 6.45) is 32.3. The highest BCUT2D eigenvalue weighted by molar-refractivity contribution is 5.23. The summed E-state index contributed by atoms with van der Waals surface area (Å²) in [6.45, 7) is 4.15. The summed E-state index contributed by atoms with van der Waals surface area (Å²) < 4.78 is 13.7. The first-order valence-corrected chi connectivity index (χ1v) is 15.2. The van der Waals surface area contributed by atoms with Crippen molar-refractivity contribution in [3.05, 3.63) is 59.4 Å². The molecule has 0 saturated heterocycles. The van der Waals surface area contributed by atoms with Crippen LogP contribution in [0.3, 0.4) is 0 Å². The highest BCUT2D eigenvalue weighted by Crippen LogP contribution is 2.43. The molecular weight excluding hydrogens is 427 g/mol. The average molecular weight is 479 g/mol. The molecule has 2 atom stereocenters. The second-order valence-corrected chi connectivity index (χ2v) is 12.3. The van der Waals surface area contributed by atoms with Crippen molar-refractivity contribution < 1.29 is 4.39 Å². The average Bonchev–Trinajstić information content (AvgIpc) is 2.90. The molecule has 2 unspecified atom stereocenters. The Bertz CT molecular complexity index is 804. The van der Waals surface area contributed by atoms with Crippen molar-refractivity contribution in [2.45, 2.75) is 117 Å². The van der Waals surface area contributed by atoms with Gasteiger partial charge in [-0.3, -0.25) is 0 Å². The predicted molar refractivity (Wildman–Crippen MR) is 149 cm³/mol. The molecule has 2 fully saturated rings. The maximum Gasteiger partial charge on any atom is 0.126 e. The Morgan fingerprint density at radius 3 is 2.09 bits per heavy atom. The van der Waals surface area contributed by atoms with Gasteiger partial charge in [0.05, 0.1) is 0 Å². The molecule has 0 nitrogen and oxygen atoms in total. The minimum absolute atomic E-state index is 0.0712. The Morgan fingerprint density at radius 1 is 0.829 bits per heavy atom. The van der Waals surface area contributed by atoms with E-state index in [4.69, 9.17) is 0 Å². The minimum atomic E-state index is -0.0712. The van der Waals surface area contributed by atoms with Crippen LogP contribution in [0, 0.1) is 48.2 Å². The van der Waals surface area contributed by atoms with Gasteiger partial charge in [-0.25, -0.2) is 4.39 Å². The lowest BCUT2D eigenvalue weighted by molar-refractivity contribution is 0.184. The van der Waals surface area contributed by atoms with Crippen molar-refractivity contribution in [1.29, 1.82) is 0 Å². The van der Waals surface area contributed by atoms with E-state index in [0.717, 1.165) is 59.5 Å². The van der Waals surface area contributed by atoms with E-state index in [-0.39, 0.29) is 5.82 Å². The van der Waals surface area contributed by atoms with Crippen LogP contribution >= 0.6 is 0 Å². The molecule has 4 rings (SSSR count). The Hall–Kier alpha value is -1.37. The van der Waals surface area contributed by atoms with Crippen LogP contribution < -0.4 is 0 Å². The minimum Gasteiger partial charge on any atom is -0.207 e. The van der Waals surface area contributed by atoms with E-state index < -0.39 is 0 Å². The van der Waals surface area contributed by atoms with E-state index in [2.05, 4.69) is 37.3 Å². The van der Waals surface area contributed by atoms with Gasteiger partial charge in [-0.2, -0.15) is 0 Å². The third-order valence-electron chi connectivity index (χ3n) is 9.82. The number of rotatable bonds is 10. The quantitative estimate of drug-likeness (QED) is 0.232. The first-order valence-electron chi connectivity index (χ1n) is 15.2. The molecule has 1 aromatic carbocycles. The smallest absolute Gasteiger partial charge is 0.126 e. The molecule has 3 aliphatic rings. The topological polar surface area (TPSA) is 0 Å². The SMILES string of the molecule is CCCCCC1CCC(C2C=CC(C3CCC(/C=C/CCc4ccc(C)c(F)c4)CC3)CC2)CC1. The Morgan fingerprint density at radius 2 is 1.49 bits per heavy atom. The van der Waals surface area contributed by atoms with Crippen LogP contribution in [0.4, 0.5) is 4.39 Å². The fourth-order valence-electron chi connectivity index (χ4n) is 7.33. The maximum absolute atomic E-state index is 13.7. The number of benzene rings is 1. The van der Waals surface area contributed by atoms with Gasteiger partial charge in [0, 0.05) is 0 Å². The normalized spacial score (nSPS) is 31.7. The van der Waals surface area contributed by atoms with Crippen LogP contribution in [0.15, 0.2) is 42.5 Å². The number of aryl methyl sites for hydroxylation is 2. The lowest BCUT2D eigenvalue weighted by Crippen LogP contribution is -2.26. The fourth-order valence-corrected chi connectivity index (χ4v) is 7.33. The highest BCUT2D eigenvalue weighted by Gasteiger charge is 2.31. The van der Waals surface area contributed by atoms with E-state index in [1.165, 1.54) is 89.9 Å². The molecule has 0 heterocycles. The molecule has 3 aliphatic carbocycles. The second kappa shape index (κ2) is 13.8. The molecule has 1 aromatic rings. The van der Waals surface area contributed by atoms with E-state index >= 15 is 0 Å². The Kier molecular flexibility index (Phi) is 10.5. The van der Waals surface area contributed by atoms with E-state index in [1.54, 1.807) is 6.07 Å². The van der Waals surface area contributed by atoms with Crippen LogP contribution in [-0.2, 0) is 6.42 Å². The summed E-state index contributed by atoms with van der Waals surface area (Å²) in [4.78, 5) is 0. The lowest BCUT2D eigenvalue weighted by Gasteiger charge is -2.38. The van der Waals surface area contributed by atoms with Crippen molar-refractivity contribution in [3.63, 3.8) is 0 Å². The van der Waals surface area contributed by atoms with Gasteiger partial charge in [-0.15, -0.1) is 0 Å². The summed E-state index contributed by atoms with van der Waals surface area (Å²) in [6, 6.07) is 5.67. The summed E-state index contributed by atoms with van der Waals surface area (Å²) in [5.74, 6) is 5.34. The van der Waals surface area contributed by atoms with Crippen molar-refractivity contribution in [2.24, 2.45) is 35.5 Å². The van der Waals surface area contributed by atoms with Crippen molar-refractivity contribution >= 4 is 0 Å². The largest absolute Gasteiger partial charge is 0.207 e. The zero-order valence-electron chi connectivity index (χ0n) is 22.7.